The summed E-state index contributed by atoms with van der Waals surface area (Å²) in [6.45, 7) is 5.17. The Balaban J connectivity index is 1.70. The Morgan fingerprint density at radius 2 is 1.83 bits per heavy atom. The van der Waals surface area contributed by atoms with Gasteiger partial charge in [0.25, 0.3) is 5.91 Å². The first kappa shape index (κ1) is 20.9. The fourth-order valence-corrected chi connectivity index (χ4v) is 3.59. The second-order valence-electron chi connectivity index (χ2n) is 6.52. The van der Waals surface area contributed by atoms with Crippen molar-refractivity contribution >= 4 is 23.4 Å². The Morgan fingerprint density at radius 1 is 1.03 bits per heavy atom. The van der Waals surface area contributed by atoms with Gasteiger partial charge in [-0.1, -0.05) is 17.8 Å². The van der Waals surface area contributed by atoms with Gasteiger partial charge in [-0.2, -0.15) is 0 Å². The van der Waals surface area contributed by atoms with Crippen LogP contribution in [-0.4, -0.2) is 31.2 Å². The number of hydrogen-bond acceptors (Lipinski definition) is 5. The zero-order valence-electron chi connectivity index (χ0n) is 16.8. The number of aromatic nitrogens is 1. The number of benzene rings is 2. The van der Waals surface area contributed by atoms with Gasteiger partial charge in [-0.3, -0.25) is 4.79 Å². The molecule has 3 rings (SSSR count). The summed E-state index contributed by atoms with van der Waals surface area (Å²) in [7, 11) is 1.63. The number of hydrogen-bond donors (Lipinski definition) is 1. The molecule has 0 atom stereocenters. The minimum atomic E-state index is -0.197. The molecule has 0 aliphatic carbocycles. The Morgan fingerprint density at radius 3 is 2.55 bits per heavy atom. The van der Waals surface area contributed by atoms with Gasteiger partial charge in [0, 0.05) is 23.9 Å². The first-order valence-electron chi connectivity index (χ1n) is 9.30. The summed E-state index contributed by atoms with van der Waals surface area (Å²) in [6, 6.07) is 17.1. The lowest BCUT2D eigenvalue weighted by molar-refractivity contribution is 0.102. The Bertz CT molecular complexity index is 974. The Labute approximate surface area is 175 Å². The number of nitrogens with zero attached hydrogens (tertiary/aromatic N) is 1. The molecule has 1 N–H and O–H groups in total. The standard InChI is InChI=1S/C23H24N2O3S/c1-16-6-11-20(15-17(16)2)29-23-21(5-4-12-24-23)22(26)25-18-7-9-19(10-8-18)28-14-13-27-3/h4-12,15H,13-14H2,1-3H3,(H,25,26). The predicted octanol–water partition coefficient (Wildman–Crippen LogP) is 5.13. The third-order valence-electron chi connectivity index (χ3n) is 4.38. The smallest absolute Gasteiger partial charge is 0.258 e. The van der Waals surface area contributed by atoms with E-state index in [2.05, 4.69) is 36.3 Å². The van der Waals surface area contributed by atoms with E-state index in [0.717, 1.165) is 10.6 Å². The minimum Gasteiger partial charge on any atom is -0.491 e. The molecule has 29 heavy (non-hydrogen) atoms. The van der Waals surface area contributed by atoms with Crippen molar-refractivity contribution in [2.45, 2.75) is 23.8 Å². The molecule has 5 nitrogen and oxygen atoms in total. The van der Waals surface area contributed by atoms with Crippen molar-refractivity contribution in [1.29, 1.82) is 0 Å². The first-order chi connectivity index (χ1) is 14.1. The molecular formula is C23H24N2O3S. The summed E-state index contributed by atoms with van der Waals surface area (Å²) < 4.78 is 10.5. The van der Waals surface area contributed by atoms with E-state index in [1.54, 1.807) is 25.4 Å². The SMILES string of the molecule is COCCOc1ccc(NC(=O)c2cccnc2Sc2ccc(C)c(C)c2)cc1. The highest BCUT2D eigenvalue weighted by Crippen LogP contribution is 2.30. The summed E-state index contributed by atoms with van der Waals surface area (Å²) in [5.41, 5.74) is 3.68. The lowest BCUT2D eigenvalue weighted by Crippen LogP contribution is -2.13. The maximum atomic E-state index is 12.8. The number of methoxy groups -OCH3 is 1. The molecule has 0 saturated heterocycles. The highest BCUT2D eigenvalue weighted by Gasteiger charge is 2.14. The summed E-state index contributed by atoms with van der Waals surface area (Å²) in [6.07, 6.45) is 1.70. The van der Waals surface area contributed by atoms with E-state index in [9.17, 15) is 4.79 Å². The maximum Gasteiger partial charge on any atom is 0.258 e. The monoisotopic (exact) mass is 408 g/mol. The molecule has 0 unspecified atom stereocenters. The van der Waals surface area contributed by atoms with Crippen LogP contribution >= 0.6 is 11.8 Å². The topological polar surface area (TPSA) is 60.5 Å². The van der Waals surface area contributed by atoms with Crippen LogP contribution in [0, 0.1) is 13.8 Å². The Hall–Kier alpha value is -2.83. The largest absolute Gasteiger partial charge is 0.491 e. The number of pyridine rings is 1. The van der Waals surface area contributed by atoms with Crippen LogP contribution in [0.3, 0.4) is 0 Å². The second kappa shape index (κ2) is 10.1. The summed E-state index contributed by atoms with van der Waals surface area (Å²) in [5, 5.41) is 3.60. The van der Waals surface area contributed by atoms with E-state index in [-0.39, 0.29) is 5.91 Å². The van der Waals surface area contributed by atoms with Gasteiger partial charge in [-0.05, 0) is 73.5 Å². The molecule has 0 radical (unpaired) electrons. The number of carbonyl (C=O) groups excluding carboxylic acids is 1. The van der Waals surface area contributed by atoms with E-state index in [1.807, 2.05) is 30.3 Å². The Kier molecular flexibility index (Phi) is 7.27. The van der Waals surface area contributed by atoms with Crippen LogP contribution in [0.25, 0.3) is 0 Å². The molecule has 0 aliphatic rings. The lowest BCUT2D eigenvalue weighted by atomic mass is 10.1. The number of ether oxygens (including phenoxy) is 2. The van der Waals surface area contributed by atoms with Crippen molar-refractivity contribution in [3.8, 4) is 5.75 Å². The van der Waals surface area contributed by atoms with Gasteiger partial charge in [0.2, 0.25) is 0 Å². The van der Waals surface area contributed by atoms with E-state index in [1.165, 1.54) is 22.9 Å². The van der Waals surface area contributed by atoms with Crippen molar-refractivity contribution in [2.75, 3.05) is 25.6 Å². The van der Waals surface area contributed by atoms with Crippen molar-refractivity contribution < 1.29 is 14.3 Å². The second-order valence-corrected chi connectivity index (χ2v) is 7.59. The van der Waals surface area contributed by atoms with Gasteiger partial charge in [0.1, 0.15) is 17.4 Å². The fourth-order valence-electron chi connectivity index (χ4n) is 2.61. The van der Waals surface area contributed by atoms with Crippen LogP contribution in [0.4, 0.5) is 5.69 Å². The molecule has 0 saturated carbocycles. The van der Waals surface area contributed by atoms with Gasteiger partial charge in [0.05, 0.1) is 12.2 Å². The first-order valence-corrected chi connectivity index (χ1v) is 10.1. The molecule has 0 fully saturated rings. The predicted molar refractivity (Wildman–Crippen MR) is 116 cm³/mol. The van der Waals surface area contributed by atoms with Crippen molar-refractivity contribution in [3.05, 3.63) is 77.5 Å². The third kappa shape index (κ3) is 5.82. The molecule has 1 heterocycles. The molecule has 0 spiro atoms. The third-order valence-corrected chi connectivity index (χ3v) is 5.39. The van der Waals surface area contributed by atoms with Gasteiger partial charge in [-0.25, -0.2) is 4.98 Å². The molecule has 6 heteroatoms. The summed E-state index contributed by atoms with van der Waals surface area (Å²) in [5.74, 6) is 0.532. The van der Waals surface area contributed by atoms with E-state index < -0.39 is 0 Å². The van der Waals surface area contributed by atoms with E-state index >= 15 is 0 Å². The highest BCUT2D eigenvalue weighted by molar-refractivity contribution is 7.99. The quantitative estimate of drug-likeness (QED) is 0.524. The number of anilines is 1. The average Bonchev–Trinajstić information content (AvgIpc) is 2.72. The molecule has 2 aromatic carbocycles. The van der Waals surface area contributed by atoms with Crippen molar-refractivity contribution in [2.24, 2.45) is 0 Å². The summed E-state index contributed by atoms with van der Waals surface area (Å²) >= 11 is 1.49. The molecule has 1 amide bonds. The average molecular weight is 409 g/mol. The zero-order chi connectivity index (χ0) is 20.6. The fraction of sp³-hybridized carbons (Fsp3) is 0.217. The number of nitrogens with one attached hydrogen (secondary N) is 1. The van der Waals surface area contributed by atoms with Crippen molar-refractivity contribution in [3.63, 3.8) is 0 Å². The normalized spacial score (nSPS) is 10.6. The maximum absolute atomic E-state index is 12.8. The molecule has 3 aromatic rings. The van der Waals surface area contributed by atoms with Crippen molar-refractivity contribution in [1.82, 2.24) is 4.98 Å². The van der Waals surface area contributed by atoms with E-state index in [0.29, 0.717) is 29.5 Å². The highest BCUT2D eigenvalue weighted by atomic mass is 32.2. The molecule has 150 valence electrons. The van der Waals surface area contributed by atoms with E-state index in [4.69, 9.17) is 9.47 Å². The number of amides is 1. The number of rotatable bonds is 8. The molecule has 0 aliphatic heterocycles. The van der Waals surface area contributed by atoms with Crippen LogP contribution < -0.4 is 10.1 Å². The molecule has 0 bridgehead atoms. The molecule has 1 aromatic heterocycles. The van der Waals surface area contributed by atoms with Gasteiger partial charge in [-0.15, -0.1) is 0 Å². The van der Waals surface area contributed by atoms with Crippen LogP contribution in [-0.2, 0) is 4.74 Å². The van der Waals surface area contributed by atoms with Crippen LogP contribution in [0.5, 0.6) is 5.75 Å². The van der Waals surface area contributed by atoms with Crippen LogP contribution in [0.2, 0.25) is 0 Å². The van der Waals surface area contributed by atoms with Gasteiger partial charge >= 0.3 is 0 Å². The zero-order valence-corrected chi connectivity index (χ0v) is 17.6. The van der Waals surface area contributed by atoms with Gasteiger partial charge < -0.3 is 14.8 Å². The minimum absolute atomic E-state index is 0.197. The van der Waals surface area contributed by atoms with Crippen LogP contribution in [0.15, 0.2) is 70.7 Å². The number of aryl methyl sites for hydroxylation is 2. The van der Waals surface area contributed by atoms with Crippen LogP contribution in [0.1, 0.15) is 21.5 Å². The summed E-state index contributed by atoms with van der Waals surface area (Å²) in [4.78, 5) is 18.3. The molecular weight excluding hydrogens is 384 g/mol. The van der Waals surface area contributed by atoms with Gasteiger partial charge in [0.15, 0.2) is 0 Å². The number of carbonyl (C=O) groups is 1. The lowest BCUT2D eigenvalue weighted by Gasteiger charge is -2.11.